The molecule has 2 bridgehead atoms. The van der Waals surface area contributed by atoms with Crippen molar-refractivity contribution in [3.63, 3.8) is 0 Å². The summed E-state index contributed by atoms with van der Waals surface area (Å²) in [7, 11) is 2.26. The molecule has 2 aliphatic carbocycles. The first-order valence-electron chi connectivity index (χ1n) is 6.67. The predicted molar refractivity (Wildman–Crippen MR) is 72.2 cm³/mol. The molecule has 1 aromatic carbocycles. The fourth-order valence-electron chi connectivity index (χ4n) is 3.76. The van der Waals surface area contributed by atoms with Crippen LogP contribution in [0.1, 0.15) is 31.2 Å². The van der Waals surface area contributed by atoms with Crippen LogP contribution in [-0.2, 0) is 6.54 Å². The van der Waals surface area contributed by atoms with E-state index in [4.69, 9.17) is 11.6 Å². The quantitative estimate of drug-likeness (QED) is 0.784. The lowest BCUT2D eigenvalue weighted by Gasteiger charge is -2.31. The van der Waals surface area contributed by atoms with Gasteiger partial charge in [-0.1, -0.05) is 36.2 Å². The van der Waals surface area contributed by atoms with Gasteiger partial charge in [-0.25, -0.2) is 0 Å². The van der Waals surface area contributed by atoms with Crippen molar-refractivity contribution in [2.24, 2.45) is 11.8 Å². The molecular weight excluding hydrogens is 230 g/mol. The minimum absolute atomic E-state index is 0.796. The van der Waals surface area contributed by atoms with Crippen LogP contribution >= 0.6 is 11.6 Å². The topological polar surface area (TPSA) is 3.24 Å². The number of nitrogens with zero attached hydrogens (tertiary/aromatic N) is 1. The monoisotopic (exact) mass is 249 g/mol. The maximum absolute atomic E-state index is 6.23. The van der Waals surface area contributed by atoms with Crippen molar-refractivity contribution in [2.75, 3.05) is 7.05 Å². The van der Waals surface area contributed by atoms with Gasteiger partial charge in [-0.05, 0) is 49.8 Å². The normalized spacial score (nSPS) is 31.4. The summed E-state index contributed by atoms with van der Waals surface area (Å²) in [6.45, 7) is 0.994. The van der Waals surface area contributed by atoms with Crippen LogP contribution in [0.2, 0.25) is 5.02 Å². The largest absolute Gasteiger partial charge is 0.299 e. The molecule has 0 aromatic heterocycles. The van der Waals surface area contributed by atoms with Crippen LogP contribution in [0.4, 0.5) is 0 Å². The molecule has 2 saturated carbocycles. The van der Waals surface area contributed by atoms with E-state index in [1.54, 1.807) is 0 Å². The Morgan fingerprint density at radius 1 is 1.24 bits per heavy atom. The Morgan fingerprint density at radius 3 is 2.71 bits per heavy atom. The van der Waals surface area contributed by atoms with Gasteiger partial charge in [0.1, 0.15) is 0 Å². The summed E-state index contributed by atoms with van der Waals surface area (Å²) in [6, 6.07) is 9.02. The zero-order valence-corrected chi connectivity index (χ0v) is 11.2. The first-order valence-corrected chi connectivity index (χ1v) is 7.05. The zero-order valence-electron chi connectivity index (χ0n) is 10.4. The van der Waals surface area contributed by atoms with E-state index in [1.807, 2.05) is 12.1 Å². The fourth-order valence-corrected chi connectivity index (χ4v) is 3.96. The van der Waals surface area contributed by atoms with Crippen LogP contribution in [0, 0.1) is 11.8 Å². The first-order chi connectivity index (χ1) is 8.24. The Balaban J connectivity index is 1.68. The standard InChI is InChI=1S/C15H20ClN/c1-17(10-13-4-2-3-5-14(13)16)15-9-11-6-7-12(15)8-11/h2-5,11-12,15H,6-10H2,1H3. The van der Waals surface area contributed by atoms with E-state index in [9.17, 15) is 0 Å². The molecule has 1 nitrogen and oxygen atoms in total. The second kappa shape index (κ2) is 4.62. The minimum Gasteiger partial charge on any atom is -0.299 e. The van der Waals surface area contributed by atoms with Crippen molar-refractivity contribution in [3.8, 4) is 0 Å². The highest BCUT2D eigenvalue weighted by atomic mass is 35.5. The molecule has 0 saturated heterocycles. The molecule has 3 rings (SSSR count). The Bertz CT molecular complexity index is 404. The molecule has 17 heavy (non-hydrogen) atoms. The van der Waals surface area contributed by atoms with E-state index in [0.717, 1.165) is 29.4 Å². The SMILES string of the molecule is CN(Cc1ccccc1Cl)C1CC2CCC1C2. The van der Waals surface area contributed by atoms with Gasteiger partial charge in [-0.3, -0.25) is 4.90 Å². The molecule has 0 radical (unpaired) electrons. The zero-order chi connectivity index (χ0) is 11.8. The predicted octanol–water partition coefficient (Wildman–Crippen LogP) is 3.96. The lowest BCUT2D eigenvalue weighted by atomic mass is 9.94. The van der Waals surface area contributed by atoms with Crippen molar-refractivity contribution in [2.45, 2.75) is 38.3 Å². The maximum Gasteiger partial charge on any atom is 0.0451 e. The molecular formula is C15H20ClN. The molecule has 3 atom stereocenters. The smallest absolute Gasteiger partial charge is 0.0451 e. The highest BCUT2D eigenvalue weighted by Gasteiger charge is 2.41. The average Bonchev–Trinajstić information content (AvgIpc) is 2.94. The van der Waals surface area contributed by atoms with E-state index < -0.39 is 0 Å². The van der Waals surface area contributed by atoms with Crippen LogP contribution in [0.15, 0.2) is 24.3 Å². The summed E-state index contributed by atoms with van der Waals surface area (Å²) >= 11 is 6.23. The Morgan fingerprint density at radius 2 is 2.06 bits per heavy atom. The second-order valence-corrected chi connectivity index (χ2v) is 6.16. The van der Waals surface area contributed by atoms with Crippen LogP contribution in [-0.4, -0.2) is 18.0 Å². The summed E-state index contributed by atoms with van der Waals surface area (Å²) in [4.78, 5) is 2.52. The van der Waals surface area contributed by atoms with Crippen LogP contribution < -0.4 is 0 Å². The molecule has 0 aliphatic heterocycles. The third-order valence-corrected chi connectivity index (χ3v) is 5.01. The van der Waals surface area contributed by atoms with Gasteiger partial charge >= 0.3 is 0 Å². The number of benzene rings is 1. The molecule has 2 aliphatic rings. The summed E-state index contributed by atoms with van der Waals surface area (Å²) in [6.07, 6.45) is 5.80. The van der Waals surface area contributed by atoms with Crippen LogP contribution in [0.5, 0.6) is 0 Å². The van der Waals surface area contributed by atoms with E-state index >= 15 is 0 Å². The van der Waals surface area contributed by atoms with Gasteiger partial charge in [0.2, 0.25) is 0 Å². The molecule has 92 valence electrons. The highest BCUT2D eigenvalue weighted by molar-refractivity contribution is 6.31. The third-order valence-electron chi connectivity index (χ3n) is 4.64. The van der Waals surface area contributed by atoms with Gasteiger partial charge < -0.3 is 0 Å². The van der Waals surface area contributed by atoms with Crippen molar-refractivity contribution in [3.05, 3.63) is 34.9 Å². The van der Waals surface area contributed by atoms with Crippen molar-refractivity contribution < 1.29 is 0 Å². The lowest BCUT2D eigenvalue weighted by Crippen LogP contribution is -2.35. The maximum atomic E-state index is 6.23. The van der Waals surface area contributed by atoms with Gasteiger partial charge in [0.05, 0.1) is 0 Å². The average molecular weight is 250 g/mol. The highest BCUT2D eigenvalue weighted by Crippen LogP contribution is 2.46. The molecule has 0 N–H and O–H groups in total. The van der Waals surface area contributed by atoms with E-state index in [1.165, 1.54) is 31.2 Å². The molecule has 0 amide bonds. The fraction of sp³-hybridized carbons (Fsp3) is 0.600. The van der Waals surface area contributed by atoms with Gasteiger partial charge in [-0.2, -0.15) is 0 Å². The summed E-state index contributed by atoms with van der Waals surface area (Å²) in [5.74, 6) is 1.96. The number of hydrogen-bond donors (Lipinski definition) is 0. The van der Waals surface area contributed by atoms with Crippen molar-refractivity contribution in [1.82, 2.24) is 4.90 Å². The summed E-state index contributed by atoms with van der Waals surface area (Å²) in [5.41, 5.74) is 1.26. The molecule has 2 heteroatoms. The number of hydrogen-bond acceptors (Lipinski definition) is 1. The molecule has 0 spiro atoms. The molecule has 0 heterocycles. The van der Waals surface area contributed by atoms with Crippen LogP contribution in [0.3, 0.4) is 0 Å². The van der Waals surface area contributed by atoms with E-state index in [2.05, 4.69) is 24.1 Å². The number of fused-ring (bicyclic) bond motifs is 2. The Hall–Kier alpha value is -0.530. The minimum atomic E-state index is 0.796. The van der Waals surface area contributed by atoms with Gasteiger partial charge in [0, 0.05) is 17.6 Å². The molecule has 1 aromatic rings. The van der Waals surface area contributed by atoms with Crippen LogP contribution in [0.25, 0.3) is 0 Å². The van der Waals surface area contributed by atoms with Crippen molar-refractivity contribution in [1.29, 1.82) is 0 Å². The summed E-state index contributed by atoms with van der Waals surface area (Å²) < 4.78 is 0. The molecule has 2 fully saturated rings. The number of rotatable bonds is 3. The first kappa shape index (κ1) is 11.6. The Kier molecular flexibility index (Phi) is 3.14. The second-order valence-electron chi connectivity index (χ2n) is 5.75. The molecule has 3 unspecified atom stereocenters. The van der Waals surface area contributed by atoms with E-state index in [-0.39, 0.29) is 0 Å². The van der Waals surface area contributed by atoms with Gasteiger partial charge in [0.15, 0.2) is 0 Å². The summed E-state index contributed by atoms with van der Waals surface area (Å²) in [5, 5.41) is 0.905. The lowest BCUT2D eigenvalue weighted by molar-refractivity contribution is 0.169. The Labute approximate surface area is 109 Å². The van der Waals surface area contributed by atoms with E-state index in [0.29, 0.717) is 0 Å². The van der Waals surface area contributed by atoms with Gasteiger partial charge in [-0.15, -0.1) is 0 Å². The third kappa shape index (κ3) is 2.23. The number of halogens is 1. The van der Waals surface area contributed by atoms with Crippen molar-refractivity contribution >= 4 is 11.6 Å². The van der Waals surface area contributed by atoms with Gasteiger partial charge in [0.25, 0.3) is 0 Å².